The van der Waals surface area contributed by atoms with Crippen LogP contribution in [0, 0.1) is 5.82 Å². The molecule has 1 saturated heterocycles. The van der Waals surface area contributed by atoms with Crippen LogP contribution in [0.4, 0.5) is 4.39 Å². The first-order valence-corrected chi connectivity index (χ1v) is 5.87. The Hall–Kier alpha value is -1.03. The average molecular weight is 239 g/mol. The highest BCUT2D eigenvalue weighted by Gasteiger charge is 2.26. The first-order valence-electron chi connectivity index (χ1n) is 5.35. The molecule has 2 nitrogen and oxygen atoms in total. The van der Waals surface area contributed by atoms with Crippen molar-refractivity contribution in [3.05, 3.63) is 35.6 Å². The molecular weight excluding hydrogens is 225 g/mol. The molecule has 0 aliphatic carbocycles. The molecule has 16 heavy (non-hydrogen) atoms. The van der Waals surface area contributed by atoms with Gasteiger partial charge in [-0.1, -0.05) is 12.1 Å². The van der Waals surface area contributed by atoms with E-state index in [-0.39, 0.29) is 17.0 Å². The molecule has 1 atom stereocenters. The van der Waals surface area contributed by atoms with Crippen molar-refractivity contribution < 1.29 is 9.18 Å². The van der Waals surface area contributed by atoms with E-state index in [1.165, 1.54) is 12.1 Å². The predicted octanol–water partition coefficient (Wildman–Crippen LogP) is 1.90. The lowest BCUT2D eigenvalue weighted by Gasteiger charge is -2.15. The zero-order valence-corrected chi connectivity index (χ0v) is 9.79. The molecule has 1 aromatic carbocycles. The van der Waals surface area contributed by atoms with Crippen LogP contribution >= 0.6 is 12.6 Å². The zero-order chi connectivity index (χ0) is 11.5. The monoisotopic (exact) mass is 239 g/mol. The van der Waals surface area contributed by atoms with E-state index in [0.717, 1.165) is 5.56 Å². The number of nitrogens with zero attached hydrogens (tertiary/aromatic N) is 1. The van der Waals surface area contributed by atoms with Crippen LogP contribution in [-0.2, 0) is 11.2 Å². The highest BCUT2D eigenvalue weighted by molar-refractivity contribution is 7.81. The van der Waals surface area contributed by atoms with Crippen LogP contribution in [0.3, 0.4) is 0 Å². The standard InChI is InChI=1S/C12H14FNOS/c13-10-3-1-2-9(6-10)4-5-14-8-11(16)7-12(14)15/h1-3,6,11,16H,4-5,7-8H2. The largest absolute Gasteiger partial charge is 0.341 e. The lowest BCUT2D eigenvalue weighted by molar-refractivity contribution is -0.127. The number of rotatable bonds is 3. The molecule has 1 aliphatic heterocycles. The molecule has 0 spiro atoms. The minimum Gasteiger partial charge on any atom is -0.341 e. The summed E-state index contributed by atoms with van der Waals surface area (Å²) in [5, 5.41) is 0.153. The normalized spacial score (nSPS) is 20.5. The van der Waals surface area contributed by atoms with Crippen molar-refractivity contribution in [2.45, 2.75) is 18.1 Å². The highest BCUT2D eigenvalue weighted by Crippen LogP contribution is 2.16. The number of hydrogen-bond acceptors (Lipinski definition) is 2. The molecule has 0 radical (unpaired) electrons. The average Bonchev–Trinajstić information content (AvgIpc) is 2.54. The van der Waals surface area contributed by atoms with E-state index in [9.17, 15) is 9.18 Å². The van der Waals surface area contributed by atoms with Gasteiger partial charge in [-0.3, -0.25) is 4.79 Å². The SMILES string of the molecule is O=C1CC(S)CN1CCc1cccc(F)c1. The Morgan fingerprint density at radius 1 is 1.50 bits per heavy atom. The number of halogens is 1. The molecule has 4 heteroatoms. The van der Waals surface area contributed by atoms with Gasteiger partial charge in [0.25, 0.3) is 0 Å². The molecule has 1 amide bonds. The van der Waals surface area contributed by atoms with E-state index in [2.05, 4.69) is 12.6 Å². The van der Waals surface area contributed by atoms with Crippen LogP contribution in [0.1, 0.15) is 12.0 Å². The number of amides is 1. The van der Waals surface area contributed by atoms with Gasteiger partial charge in [-0.15, -0.1) is 0 Å². The van der Waals surface area contributed by atoms with Crippen LogP contribution < -0.4 is 0 Å². The summed E-state index contributed by atoms with van der Waals surface area (Å²) in [6.07, 6.45) is 1.22. The van der Waals surface area contributed by atoms with Crippen molar-refractivity contribution >= 4 is 18.5 Å². The summed E-state index contributed by atoms with van der Waals surface area (Å²) < 4.78 is 12.9. The Labute approximate surface area is 99.9 Å². The molecule has 0 aromatic heterocycles. The van der Waals surface area contributed by atoms with E-state index < -0.39 is 0 Å². The fourth-order valence-corrected chi connectivity index (χ4v) is 2.28. The van der Waals surface area contributed by atoms with E-state index in [1.807, 2.05) is 6.07 Å². The van der Waals surface area contributed by atoms with Crippen LogP contribution in [-0.4, -0.2) is 29.1 Å². The Bertz CT molecular complexity index is 396. The van der Waals surface area contributed by atoms with Gasteiger partial charge in [0, 0.05) is 24.8 Å². The van der Waals surface area contributed by atoms with Gasteiger partial charge in [0.1, 0.15) is 5.82 Å². The van der Waals surface area contributed by atoms with E-state index in [4.69, 9.17) is 0 Å². The molecule has 1 fully saturated rings. The number of carbonyl (C=O) groups is 1. The molecule has 86 valence electrons. The number of benzene rings is 1. The van der Waals surface area contributed by atoms with Gasteiger partial charge in [-0.25, -0.2) is 4.39 Å². The topological polar surface area (TPSA) is 20.3 Å². The minimum absolute atomic E-state index is 0.149. The van der Waals surface area contributed by atoms with E-state index in [0.29, 0.717) is 25.9 Å². The van der Waals surface area contributed by atoms with Crippen molar-refractivity contribution in [1.29, 1.82) is 0 Å². The van der Waals surface area contributed by atoms with Crippen LogP contribution in [0.5, 0.6) is 0 Å². The van der Waals surface area contributed by atoms with Gasteiger partial charge in [-0.05, 0) is 24.1 Å². The second-order valence-electron chi connectivity index (χ2n) is 4.08. The van der Waals surface area contributed by atoms with Crippen molar-refractivity contribution in [3.8, 4) is 0 Å². The molecule has 0 bridgehead atoms. The second kappa shape index (κ2) is 4.87. The van der Waals surface area contributed by atoms with Crippen LogP contribution in [0.2, 0.25) is 0 Å². The quantitative estimate of drug-likeness (QED) is 0.799. The molecule has 1 heterocycles. The minimum atomic E-state index is -0.225. The lowest BCUT2D eigenvalue weighted by Crippen LogP contribution is -2.27. The van der Waals surface area contributed by atoms with Gasteiger partial charge < -0.3 is 4.90 Å². The molecule has 1 unspecified atom stereocenters. The van der Waals surface area contributed by atoms with Gasteiger partial charge in [0.05, 0.1) is 0 Å². The van der Waals surface area contributed by atoms with Gasteiger partial charge in [0.2, 0.25) is 5.91 Å². The third kappa shape index (κ3) is 2.76. The summed E-state index contributed by atoms with van der Waals surface area (Å²) in [6.45, 7) is 1.36. The number of carbonyl (C=O) groups excluding carboxylic acids is 1. The summed E-state index contributed by atoms with van der Waals surface area (Å²) in [5.41, 5.74) is 0.926. The molecule has 1 aliphatic rings. The summed E-state index contributed by atoms with van der Waals surface area (Å²) in [5.74, 6) is -0.0753. The van der Waals surface area contributed by atoms with Gasteiger partial charge in [-0.2, -0.15) is 12.6 Å². The summed E-state index contributed by atoms with van der Waals surface area (Å²) in [6, 6.07) is 6.51. The Balaban J connectivity index is 1.90. The molecule has 2 rings (SSSR count). The fourth-order valence-electron chi connectivity index (χ4n) is 1.92. The van der Waals surface area contributed by atoms with E-state index >= 15 is 0 Å². The molecule has 0 N–H and O–H groups in total. The van der Waals surface area contributed by atoms with Crippen molar-refractivity contribution in [1.82, 2.24) is 4.90 Å². The maximum atomic E-state index is 12.9. The Kier molecular flexibility index (Phi) is 3.49. The second-order valence-corrected chi connectivity index (χ2v) is 4.81. The molecular formula is C12H14FNOS. The predicted molar refractivity (Wildman–Crippen MR) is 64.1 cm³/mol. The van der Waals surface area contributed by atoms with Crippen molar-refractivity contribution in [3.63, 3.8) is 0 Å². The van der Waals surface area contributed by atoms with Gasteiger partial charge in [0.15, 0.2) is 0 Å². The van der Waals surface area contributed by atoms with E-state index in [1.54, 1.807) is 11.0 Å². The lowest BCUT2D eigenvalue weighted by atomic mass is 10.1. The Morgan fingerprint density at radius 3 is 2.94 bits per heavy atom. The first kappa shape index (κ1) is 11.5. The first-order chi connectivity index (χ1) is 7.65. The van der Waals surface area contributed by atoms with Gasteiger partial charge >= 0.3 is 0 Å². The maximum Gasteiger partial charge on any atom is 0.223 e. The van der Waals surface area contributed by atoms with Crippen molar-refractivity contribution in [2.75, 3.05) is 13.1 Å². The Morgan fingerprint density at radius 2 is 2.31 bits per heavy atom. The molecule has 1 aromatic rings. The third-order valence-corrected chi connectivity index (χ3v) is 3.10. The van der Waals surface area contributed by atoms with Crippen molar-refractivity contribution in [2.24, 2.45) is 0 Å². The zero-order valence-electron chi connectivity index (χ0n) is 8.90. The summed E-state index contributed by atoms with van der Waals surface area (Å²) in [7, 11) is 0. The maximum absolute atomic E-state index is 12.9. The molecule has 0 saturated carbocycles. The smallest absolute Gasteiger partial charge is 0.223 e. The van der Waals surface area contributed by atoms with Crippen LogP contribution in [0.25, 0.3) is 0 Å². The third-order valence-electron chi connectivity index (χ3n) is 2.75. The number of thiol groups is 1. The fraction of sp³-hybridized carbons (Fsp3) is 0.417. The number of likely N-dealkylation sites (tertiary alicyclic amines) is 1. The summed E-state index contributed by atoms with van der Waals surface area (Å²) in [4.78, 5) is 13.3. The highest BCUT2D eigenvalue weighted by atomic mass is 32.1. The number of hydrogen-bond donors (Lipinski definition) is 1. The van der Waals surface area contributed by atoms with Crippen LogP contribution in [0.15, 0.2) is 24.3 Å². The summed E-state index contributed by atoms with van der Waals surface area (Å²) >= 11 is 4.29.